The van der Waals surface area contributed by atoms with Crippen LogP contribution in [0.4, 0.5) is 4.39 Å². The molecule has 0 saturated heterocycles. The van der Waals surface area contributed by atoms with Crippen LogP contribution in [0.25, 0.3) is 11.1 Å². The number of hydrogen-bond donors (Lipinski definition) is 0. The molecule has 0 unspecified atom stereocenters. The number of hydrogen-bond acceptors (Lipinski definition) is 0. The van der Waals surface area contributed by atoms with Gasteiger partial charge in [0.1, 0.15) is 5.82 Å². The van der Waals surface area contributed by atoms with Gasteiger partial charge in [-0.3, -0.25) is 0 Å². The predicted octanol–water partition coefficient (Wildman–Crippen LogP) is 4.10. The Labute approximate surface area is 95.9 Å². The van der Waals surface area contributed by atoms with Crippen LogP contribution in [0.2, 0.25) is 0 Å². The minimum Gasteiger partial charge on any atom is -0.206 e. The molecule has 0 aromatic heterocycles. The van der Waals surface area contributed by atoms with Crippen molar-refractivity contribution in [2.45, 2.75) is 0 Å². The van der Waals surface area contributed by atoms with Crippen molar-refractivity contribution in [1.29, 1.82) is 0 Å². The first kappa shape index (κ1) is 9.65. The van der Waals surface area contributed by atoms with Crippen molar-refractivity contribution in [2.75, 3.05) is 0 Å². The topological polar surface area (TPSA) is 0 Å². The van der Waals surface area contributed by atoms with E-state index in [0.29, 0.717) is 5.56 Å². The Morgan fingerprint density at radius 3 is 2.36 bits per heavy atom. The molecule has 0 heterocycles. The quantitative estimate of drug-likeness (QED) is 0.695. The molecule has 0 radical (unpaired) electrons. The van der Waals surface area contributed by atoms with Gasteiger partial charge in [-0.1, -0.05) is 30.3 Å². The van der Waals surface area contributed by atoms with Crippen LogP contribution in [0.15, 0.2) is 48.5 Å². The van der Waals surface area contributed by atoms with Crippen molar-refractivity contribution >= 4 is 22.6 Å². The highest BCUT2D eigenvalue weighted by molar-refractivity contribution is 14.1. The van der Waals surface area contributed by atoms with E-state index in [-0.39, 0.29) is 5.82 Å². The molecular weight excluding hydrogens is 290 g/mol. The predicted molar refractivity (Wildman–Crippen MR) is 64.6 cm³/mol. The van der Waals surface area contributed by atoms with Gasteiger partial charge >= 0.3 is 0 Å². The van der Waals surface area contributed by atoms with Crippen LogP contribution in [0, 0.1) is 9.39 Å². The van der Waals surface area contributed by atoms with Crippen LogP contribution in [0.5, 0.6) is 0 Å². The Bertz CT molecular complexity index is 437. The molecule has 0 saturated carbocycles. The van der Waals surface area contributed by atoms with E-state index >= 15 is 0 Å². The lowest BCUT2D eigenvalue weighted by Crippen LogP contribution is -1.84. The molecule has 0 nitrogen and oxygen atoms in total. The fourth-order valence-electron chi connectivity index (χ4n) is 1.34. The summed E-state index contributed by atoms with van der Waals surface area (Å²) in [4.78, 5) is 0. The third-order valence-corrected chi connectivity index (χ3v) is 2.68. The first-order valence-corrected chi connectivity index (χ1v) is 5.36. The van der Waals surface area contributed by atoms with Crippen LogP contribution < -0.4 is 0 Å². The van der Waals surface area contributed by atoms with Gasteiger partial charge in [0.05, 0.1) is 0 Å². The summed E-state index contributed by atoms with van der Waals surface area (Å²) in [5.41, 5.74) is 1.58. The van der Waals surface area contributed by atoms with E-state index in [9.17, 15) is 4.39 Å². The lowest BCUT2D eigenvalue weighted by atomic mass is 10.1. The van der Waals surface area contributed by atoms with Crippen LogP contribution in [0.1, 0.15) is 0 Å². The minimum absolute atomic E-state index is 0.170. The van der Waals surface area contributed by atoms with E-state index in [0.717, 1.165) is 9.13 Å². The average Bonchev–Trinajstić information content (AvgIpc) is 2.23. The smallest absolute Gasteiger partial charge is 0.131 e. The molecule has 0 aliphatic carbocycles. The van der Waals surface area contributed by atoms with Crippen LogP contribution in [-0.2, 0) is 0 Å². The lowest BCUT2D eigenvalue weighted by molar-refractivity contribution is 0.631. The molecule has 2 heteroatoms. The fourth-order valence-corrected chi connectivity index (χ4v) is 1.83. The summed E-state index contributed by atoms with van der Waals surface area (Å²) in [6.45, 7) is 0. The van der Waals surface area contributed by atoms with Gasteiger partial charge in [0.15, 0.2) is 0 Å². The van der Waals surface area contributed by atoms with Crippen molar-refractivity contribution in [3.8, 4) is 11.1 Å². The van der Waals surface area contributed by atoms with Gasteiger partial charge < -0.3 is 0 Å². The Morgan fingerprint density at radius 2 is 1.64 bits per heavy atom. The second-order valence-electron chi connectivity index (χ2n) is 2.99. The SMILES string of the molecule is Fc1ccc(I)cc1-c1ccccc1. The molecular formula is C12H8FI. The molecule has 0 atom stereocenters. The zero-order chi connectivity index (χ0) is 9.97. The molecule has 0 fully saturated rings. The highest BCUT2D eigenvalue weighted by atomic mass is 127. The lowest BCUT2D eigenvalue weighted by Gasteiger charge is -2.03. The maximum Gasteiger partial charge on any atom is 0.131 e. The Hall–Kier alpha value is -0.900. The van der Waals surface area contributed by atoms with Crippen LogP contribution in [-0.4, -0.2) is 0 Å². The highest BCUT2D eigenvalue weighted by Crippen LogP contribution is 2.24. The van der Waals surface area contributed by atoms with E-state index in [4.69, 9.17) is 0 Å². The maximum absolute atomic E-state index is 13.5. The van der Waals surface area contributed by atoms with E-state index in [2.05, 4.69) is 22.6 Å². The fraction of sp³-hybridized carbons (Fsp3) is 0. The summed E-state index contributed by atoms with van der Waals surface area (Å²) in [6, 6.07) is 14.7. The summed E-state index contributed by atoms with van der Waals surface area (Å²) in [5, 5.41) is 0. The van der Waals surface area contributed by atoms with Crippen LogP contribution in [0.3, 0.4) is 0 Å². The molecule has 0 spiro atoms. The molecule has 2 aromatic carbocycles. The van der Waals surface area contributed by atoms with Crippen molar-refractivity contribution in [3.63, 3.8) is 0 Å². The molecule has 0 aliphatic rings. The molecule has 14 heavy (non-hydrogen) atoms. The van der Waals surface area contributed by atoms with Gasteiger partial charge in [0.2, 0.25) is 0 Å². The average molecular weight is 298 g/mol. The van der Waals surface area contributed by atoms with Gasteiger partial charge in [-0.25, -0.2) is 4.39 Å². The molecule has 70 valence electrons. The van der Waals surface area contributed by atoms with E-state index in [1.807, 2.05) is 36.4 Å². The van der Waals surface area contributed by atoms with Gasteiger partial charge in [0, 0.05) is 9.13 Å². The third-order valence-electron chi connectivity index (χ3n) is 2.01. The van der Waals surface area contributed by atoms with Gasteiger partial charge in [-0.2, -0.15) is 0 Å². The molecule has 0 bridgehead atoms. The van der Waals surface area contributed by atoms with Crippen molar-refractivity contribution in [2.24, 2.45) is 0 Å². The first-order valence-electron chi connectivity index (χ1n) is 4.28. The van der Waals surface area contributed by atoms with Crippen LogP contribution >= 0.6 is 22.6 Å². The molecule has 0 N–H and O–H groups in total. The van der Waals surface area contributed by atoms with E-state index in [1.165, 1.54) is 6.07 Å². The van der Waals surface area contributed by atoms with Crippen molar-refractivity contribution < 1.29 is 4.39 Å². The largest absolute Gasteiger partial charge is 0.206 e. The third kappa shape index (κ3) is 1.95. The van der Waals surface area contributed by atoms with Gasteiger partial charge in [-0.05, 0) is 46.4 Å². The second-order valence-corrected chi connectivity index (χ2v) is 4.24. The van der Waals surface area contributed by atoms with Gasteiger partial charge in [0.25, 0.3) is 0 Å². The Kier molecular flexibility index (Phi) is 2.82. The summed E-state index contributed by atoms with van der Waals surface area (Å²) in [7, 11) is 0. The number of rotatable bonds is 1. The summed E-state index contributed by atoms with van der Waals surface area (Å²) in [6.07, 6.45) is 0. The van der Waals surface area contributed by atoms with Gasteiger partial charge in [-0.15, -0.1) is 0 Å². The normalized spacial score (nSPS) is 10.1. The summed E-state index contributed by atoms with van der Waals surface area (Å²) < 4.78 is 14.5. The monoisotopic (exact) mass is 298 g/mol. The zero-order valence-electron chi connectivity index (χ0n) is 7.37. The molecule has 2 rings (SSSR count). The maximum atomic E-state index is 13.5. The Morgan fingerprint density at radius 1 is 0.929 bits per heavy atom. The molecule has 0 aliphatic heterocycles. The number of benzene rings is 2. The highest BCUT2D eigenvalue weighted by Gasteiger charge is 2.04. The second kappa shape index (κ2) is 4.09. The Balaban J connectivity index is 2.57. The standard InChI is InChI=1S/C12H8FI/c13-12-7-6-10(14)8-11(12)9-4-2-1-3-5-9/h1-8H. The molecule has 2 aromatic rings. The van der Waals surface area contributed by atoms with Crippen molar-refractivity contribution in [1.82, 2.24) is 0 Å². The number of halogens is 2. The minimum atomic E-state index is -0.170. The van der Waals surface area contributed by atoms with Crippen molar-refractivity contribution in [3.05, 3.63) is 57.9 Å². The van der Waals surface area contributed by atoms with E-state index < -0.39 is 0 Å². The molecule has 0 amide bonds. The summed E-state index contributed by atoms with van der Waals surface area (Å²) >= 11 is 2.18. The summed E-state index contributed by atoms with van der Waals surface area (Å²) in [5.74, 6) is -0.170. The first-order chi connectivity index (χ1) is 6.77. The zero-order valence-corrected chi connectivity index (χ0v) is 9.53. The van der Waals surface area contributed by atoms with E-state index in [1.54, 1.807) is 6.07 Å².